The predicted molar refractivity (Wildman–Crippen MR) is 73.1 cm³/mol. The van der Waals surface area contributed by atoms with Crippen LogP contribution in [0.1, 0.15) is 18.4 Å². The van der Waals surface area contributed by atoms with Gasteiger partial charge in [-0.3, -0.25) is 10.1 Å². The molecule has 1 aromatic rings. The average Bonchev–Trinajstić information content (AvgIpc) is 2.41. The summed E-state index contributed by atoms with van der Waals surface area (Å²) in [6.45, 7) is 0. The van der Waals surface area contributed by atoms with Gasteiger partial charge in [0.2, 0.25) is 0 Å². The van der Waals surface area contributed by atoms with Crippen LogP contribution in [0.3, 0.4) is 0 Å². The minimum atomic E-state index is -2.94. The zero-order valence-corrected chi connectivity index (χ0v) is 11.4. The van der Waals surface area contributed by atoms with E-state index in [1.165, 1.54) is 18.2 Å². The van der Waals surface area contributed by atoms with Crippen LogP contribution >= 0.6 is 0 Å². The van der Waals surface area contributed by atoms with Gasteiger partial charge in [-0.05, 0) is 18.9 Å². The van der Waals surface area contributed by atoms with E-state index in [0.717, 1.165) is 0 Å². The van der Waals surface area contributed by atoms with E-state index in [9.17, 15) is 18.5 Å². The molecule has 1 saturated heterocycles. The Kier molecular flexibility index (Phi) is 3.90. The SMILES string of the molecule is N#Cc1cc([N+](=O)[O-])ccc1NC1CCS(=O)(=O)CC1. The lowest BCUT2D eigenvalue weighted by Crippen LogP contribution is -2.32. The molecule has 0 saturated carbocycles. The van der Waals surface area contributed by atoms with E-state index in [0.29, 0.717) is 18.5 Å². The van der Waals surface area contributed by atoms with E-state index < -0.39 is 14.8 Å². The minimum absolute atomic E-state index is 0.0351. The molecule has 0 bridgehead atoms. The highest BCUT2D eigenvalue weighted by Crippen LogP contribution is 2.24. The van der Waals surface area contributed by atoms with Crippen molar-refractivity contribution in [2.75, 3.05) is 16.8 Å². The number of sulfone groups is 1. The summed E-state index contributed by atoms with van der Waals surface area (Å²) < 4.78 is 22.7. The molecule has 1 N–H and O–H groups in total. The summed E-state index contributed by atoms with van der Waals surface area (Å²) in [4.78, 5) is 10.1. The van der Waals surface area contributed by atoms with E-state index in [1.54, 1.807) is 0 Å². The lowest BCUT2D eigenvalue weighted by atomic mass is 10.1. The van der Waals surface area contributed by atoms with Crippen molar-refractivity contribution < 1.29 is 13.3 Å². The van der Waals surface area contributed by atoms with Gasteiger partial charge in [-0.15, -0.1) is 0 Å². The molecule has 1 aliphatic heterocycles. The summed E-state index contributed by atoms with van der Waals surface area (Å²) in [7, 11) is -2.94. The largest absolute Gasteiger partial charge is 0.381 e. The average molecular weight is 295 g/mol. The van der Waals surface area contributed by atoms with Gasteiger partial charge in [0.1, 0.15) is 15.9 Å². The zero-order valence-electron chi connectivity index (χ0n) is 10.6. The number of hydrogen-bond acceptors (Lipinski definition) is 6. The van der Waals surface area contributed by atoms with Crippen LogP contribution in [0, 0.1) is 21.4 Å². The van der Waals surface area contributed by atoms with Gasteiger partial charge in [0.15, 0.2) is 0 Å². The molecule has 1 fully saturated rings. The summed E-state index contributed by atoms with van der Waals surface area (Å²) in [6, 6.07) is 5.89. The third-order valence-electron chi connectivity index (χ3n) is 3.25. The van der Waals surface area contributed by atoms with Crippen LogP contribution in [-0.4, -0.2) is 30.9 Å². The topological polar surface area (TPSA) is 113 Å². The monoisotopic (exact) mass is 295 g/mol. The molecule has 0 aliphatic carbocycles. The number of non-ortho nitro benzene ring substituents is 1. The molecule has 8 heteroatoms. The number of anilines is 1. The molecule has 0 spiro atoms. The fraction of sp³-hybridized carbons (Fsp3) is 0.417. The Morgan fingerprint density at radius 1 is 1.35 bits per heavy atom. The van der Waals surface area contributed by atoms with Gasteiger partial charge in [-0.25, -0.2) is 8.42 Å². The number of nitro benzene ring substituents is 1. The van der Waals surface area contributed by atoms with Crippen molar-refractivity contribution in [1.29, 1.82) is 5.26 Å². The Labute approximate surface area is 116 Å². The Balaban J connectivity index is 2.14. The normalized spacial score (nSPS) is 18.1. The number of benzene rings is 1. The van der Waals surface area contributed by atoms with Gasteiger partial charge in [-0.2, -0.15) is 5.26 Å². The Hall–Kier alpha value is -2.14. The minimum Gasteiger partial charge on any atom is -0.381 e. The van der Waals surface area contributed by atoms with Crippen LogP contribution in [-0.2, 0) is 9.84 Å². The molecule has 106 valence electrons. The van der Waals surface area contributed by atoms with Crippen LogP contribution in [0.25, 0.3) is 0 Å². The molecular formula is C12H13N3O4S. The molecule has 1 heterocycles. The summed E-state index contributed by atoms with van der Waals surface area (Å²) in [5.41, 5.74) is 0.549. The maximum atomic E-state index is 11.3. The van der Waals surface area contributed by atoms with Gasteiger partial charge < -0.3 is 5.32 Å². The van der Waals surface area contributed by atoms with Gasteiger partial charge >= 0.3 is 0 Å². The zero-order chi connectivity index (χ0) is 14.8. The smallest absolute Gasteiger partial charge is 0.270 e. The molecule has 0 atom stereocenters. The van der Waals surface area contributed by atoms with E-state index in [4.69, 9.17) is 5.26 Å². The second-order valence-corrected chi connectivity index (χ2v) is 6.97. The van der Waals surface area contributed by atoms with Crippen molar-refractivity contribution in [3.63, 3.8) is 0 Å². The Bertz CT molecular complexity index is 664. The number of nitriles is 1. The fourth-order valence-corrected chi connectivity index (χ4v) is 3.61. The third-order valence-corrected chi connectivity index (χ3v) is 4.96. The van der Waals surface area contributed by atoms with E-state index in [2.05, 4.69) is 5.32 Å². The summed E-state index contributed by atoms with van der Waals surface area (Å²) in [5, 5.41) is 22.8. The van der Waals surface area contributed by atoms with E-state index in [-0.39, 0.29) is 28.8 Å². The highest BCUT2D eigenvalue weighted by atomic mass is 32.2. The number of nitro groups is 1. The van der Waals surface area contributed by atoms with Crippen LogP contribution in [0.2, 0.25) is 0 Å². The van der Waals surface area contributed by atoms with Gasteiger partial charge in [0.05, 0.1) is 27.7 Å². The molecule has 2 rings (SSSR count). The Morgan fingerprint density at radius 3 is 2.55 bits per heavy atom. The fourth-order valence-electron chi connectivity index (χ4n) is 2.12. The first-order valence-corrected chi connectivity index (χ1v) is 7.89. The number of hydrogen-bond donors (Lipinski definition) is 1. The summed E-state index contributed by atoms with van der Waals surface area (Å²) in [6.07, 6.45) is 0.953. The maximum Gasteiger partial charge on any atom is 0.270 e. The van der Waals surface area contributed by atoms with Gasteiger partial charge in [-0.1, -0.05) is 0 Å². The number of rotatable bonds is 3. The molecule has 20 heavy (non-hydrogen) atoms. The number of nitrogens with one attached hydrogen (secondary N) is 1. The van der Waals surface area contributed by atoms with E-state index >= 15 is 0 Å². The second kappa shape index (κ2) is 5.46. The van der Waals surface area contributed by atoms with Gasteiger partial charge in [0.25, 0.3) is 5.69 Å². The lowest BCUT2D eigenvalue weighted by Gasteiger charge is -2.24. The molecule has 0 unspecified atom stereocenters. The van der Waals surface area contributed by atoms with Crippen molar-refractivity contribution in [2.45, 2.75) is 18.9 Å². The molecule has 0 amide bonds. The first-order chi connectivity index (χ1) is 9.41. The molecule has 1 aromatic carbocycles. The predicted octanol–water partition coefficient (Wildman–Crippen LogP) is 1.46. The quantitative estimate of drug-likeness (QED) is 0.667. The summed E-state index contributed by atoms with van der Waals surface area (Å²) >= 11 is 0. The van der Waals surface area contributed by atoms with Crippen molar-refractivity contribution in [2.24, 2.45) is 0 Å². The molecule has 0 radical (unpaired) electrons. The molecular weight excluding hydrogens is 282 g/mol. The van der Waals surface area contributed by atoms with Crippen molar-refractivity contribution in [1.82, 2.24) is 0 Å². The Morgan fingerprint density at radius 2 is 2.00 bits per heavy atom. The molecule has 7 nitrogen and oxygen atoms in total. The van der Waals surface area contributed by atoms with Crippen LogP contribution in [0.15, 0.2) is 18.2 Å². The summed E-state index contributed by atoms with van der Waals surface area (Å²) in [5.74, 6) is 0.249. The highest BCUT2D eigenvalue weighted by Gasteiger charge is 2.24. The highest BCUT2D eigenvalue weighted by molar-refractivity contribution is 7.91. The first-order valence-electron chi connectivity index (χ1n) is 6.07. The number of nitrogens with zero attached hydrogens (tertiary/aromatic N) is 2. The van der Waals surface area contributed by atoms with Gasteiger partial charge in [0, 0.05) is 18.2 Å². The van der Waals surface area contributed by atoms with Crippen molar-refractivity contribution >= 4 is 21.2 Å². The standard InChI is InChI=1S/C12H13N3O4S/c13-8-9-7-11(15(16)17)1-2-12(9)14-10-3-5-20(18,19)6-4-10/h1-2,7,10,14H,3-6H2. The van der Waals surface area contributed by atoms with Crippen LogP contribution in [0.4, 0.5) is 11.4 Å². The molecule has 0 aromatic heterocycles. The van der Waals surface area contributed by atoms with E-state index in [1.807, 2.05) is 6.07 Å². The van der Waals surface area contributed by atoms with Crippen molar-refractivity contribution in [3.8, 4) is 6.07 Å². The second-order valence-electron chi connectivity index (χ2n) is 4.67. The lowest BCUT2D eigenvalue weighted by molar-refractivity contribution is -0.384. The van der Waals surface area contributed by atoms with Crippen molar-refractivity contribution in [3.05, 3.63) is 33.9 Å². The third kappa shape index (κ3) is 3.24. The van der Waals surface area contributed by atoms with Crippen LogP contribution < -0.4 is 5.32 Å². The maximum absolute atomic E-state index is 11.3. The first kappa shape index (κ1) is 14.3. The molecule has 1 aliphatic rings. The van der Waals surface area contributed by atoms with Crippen LogP contribution in [0.5, 0.6) is 0 Å².